The van der Waals surface area contributed by atoms with E-state index in [-0.39, 0.29) is 5.91 Å². The zero-order valence-corrected chi connectivity index (χ0v) is 11.2. The van der Waals surface area contributed by atoms with Gasteiger partial charge in [0.15, 0.2) is 0 Å². The second kappa shape index (κ2) is 5.44. The quantitative estimate of drug-likeness (QED) is 0.932. The summed E-state index contributed by atoms with van der Waals surface area (Å²) in [5, 5.41) is 5.53. The Morgan fingerprint density at radius 1 is 1.32 bits per heavy atom. The SMILES string of the molecule is O=C(NC1CCCC1)c1csc(-c2cnccn2)n1. The molecule has 1 aliphatic carbocycles. The van der Waals surface area contributed by atoms with Crippen LogP contribution in [0.1, 0.15) is 36.2 Å². The van der Waals surface area contributed by atoms with Gasteiger partial charge in [-0.1, -0.05) is 12.8 Å². The molecule has 0 radical (unpaired) electrons. The minimum Gasteiger partial charge on any atom is -0.348 e. The van der Waals surface area contributed by atoms with Gasteiger partial charge >= 0.3 is 0 Å². The fourth-order valence-corrected chi connectivity index (χ4v) is 2.99. The van der Waals surface area contributed by atoms with E-state index in [1.165, 1.54) is 24.2 Å². The molecule has 5 nitrogen and oxygen atoms in total. The van der Waals surface area contributed by atoms with Crippen LogP contribution in [-0.2, 0) is 0 Å². The first kappa shape index (κ1) is 12.2. The van der Waals surface area contributed by atoms with Crippen LogP contribution >= 0.6 is 11.3 Å². The minimum absolute atomic E-state index is 0.0849. The Labute approximate surface area is 115 Å². The van der Waals surface area contributed by atoms with Crippen LogP contribution in [0.2, 0.25) is 0 Å². The third-order valence-electron chi connectivity index (χ3n) is 3.21. The van der Waals surface area contributed by atoms with Gasteiger partial charge in [0.05, 0.1) is 6.20 Å². The maximum absolute atomic E-state index is 12.0. The van der Waals surface area contributed by atoms with Gasteiger partial charge in [0.25, 0.3) is 5.91 Å². The zero-order chi connectivity index (χ0) is 13.1. The van der Waals surface area contributed by atoms with E-state index in [4.69, 9.17) is 0 Å². The summed E-state index contributed by atoms with van der Waals surface area (Å²) in [5.41, 5.74) is 1.17. The van der Waals surface area contributed by atoms with E-state index in [1.807, 2.05) is 0 Å². The van der Waals surface area contributed by atoms with Crippen LogP contribution in [0.5, 0.6) is 0 Å². The van der Waals surface area contributed by atoms with Crippen molar-refractivity contribution in [1.29, 1.82) is 0 Å². The van der Waals surface area contributed by atoms with Gasteiger partial charge in [-0.2, -0.15) is 0 Å². The Morgan fingerprint density at radius 2 is 2.16 bits per heavy atom. The number of carbonyl (C=O) groups is 1. The molecule has 98 valence electrons. The molecule has 2 aromatic heterocycles. The van der Waals surface area contributed by atoms with E-state index >= 15 is 0 Å². The molecular formula is C13H14N4OS. The predicted octanol–water partition coefficient (Wildman–Crippen LogP) is 2.27. The van der Waals surface area contributed by atoms with Crippen molar-refractivity contribution in [3.63, 3.8) is 0 Å². The second-order valence-corrected chi connectivity index (χ2v) is 5.44. The highest BCUT2D eigenvalue weighted by Crippen LogP contribution is 2.22. The van der Waals surface area contributed by atoms with Gasteiger partial charge in [-0.15, -0.1) is 11.3 Å². The Kier molecular flexibility index (Phi) is 3.50. The maximum Gasteiger partial charge on any atom is 0.270 e. The molecule has 0 unspecified atom stereocenters. The van der Waals surface area contributed by atoms with E-state index in [0.717, 1.165) is 17.8 Å². The highest BCUT2D eigenvalue weighted by atomic mass is 32.1. The zero-order valence-electron chi connectivity index (χ0n) is 10.4. The molecule has 1 aliphatic rings. The molecule has 1 N–H and O–H groups in total. The van der Waals surface area contributed by atoms with Crippen LogP contribution < -0.4 is 5.32 Å². The van der Waals surface area contributed by atoms with Gasteiger partial charge < -0.3 is 5.32 Å². The number of amides is 1. The van der Waals surface area contributed by atoms with E-state index in [0.29, 0.717) is 17.4 Å². The van der Waals surface area contributed by atoms with Gasteiger partial charge in [-0.05, 0) is 12.8 Å². The predicted molar refractivity (Wildman–Crippen MR) is 72.9 cm³/mol. The van der Waals surface area contributed by atoms with Crippen molar-refractivity contribution in [2.75, 3.05) is 0 Å². The van der Waals surface area contributed by atoms with Gasteiger partial charge in [0.1, 0.15) is 16.4 Å². The highest BCUT2D eigenvalue weighted by molar-refractivity contribution is 7.13. The topological polar surface area (TPSA) is 67.8 Å². The Balaban J connectivity index is 1.72. The fraction of sp³-hybridized carbons (Fsp3) is 0.385. The third-order valence-corrected chi connectivity index (χ3v) is 4.07. The van der Waals surface area contributed by atoms with E-state index in [2.05, 4.69) is 20.3 Å². The minimum atomic E-state index is -0.0849. The van der Waals surface area contributed by atoms with Crippen molar-refractivity contribution in [2.24, 2.45) is 0 Å². The third kappa shape index (κ3) is 2.78. The van der Waals surface area contributed by atoms with Crippen LogP contribution in [-0.4, -0.2) is 26.9 Å². The van der Waals surface area contributed by atoms with Crippen molar-refractivity contribution >= 4 is 17.2 Å². The Bertz CT molecular complexity index is 563. The molecule has 2 heterocycles. The number of aromatic nitrogens is 3. The molecule has 0 aliphatic heterocycles. The number of nitrogens with zero attached hydrogens (tertiary/aromatic N) is 3. The lowest BCUT2D eigenvalue weighted by molar-refractivity contribution is 0.0933. The number of hydrogen-bond donors (Lipinski definition) is 1. The Hall–Kier alpha value is -1.82. The normalized spacial score (nSPS) is 15.6. The lowest BCUT2D eigenvalue weighted by atomic mass is 10.2. The van der Waals surface area contributed by atoms with Crippen LogP contribution in [0.3, 0.4) is 0 Å². The summed E-state index contributed by atoms with van der Waals surface area (Å²) in [5.74, 6) is -0.0849. The summed E-state index contributed by atoms with van der Waals surface area (Å²) in [6.07, 6.45) is 9.44. The first-order valence-electron chi connectivity index (χ1n) is 6.36. The fourth-order valence-electron chi connectivity index (χ4n) is 2.23. The smallest absolute Gasteiger partial charge is 0.270 e. The van der Waals surface area contributed by atoms with Gasteiger partial charge in [-0.25, -0.2) is 4.98 Å². The first-order valence-corrected chi connectivity index (χ1v) is 7.23. The maximum atomic E-state index is 12.0. The van der Waals surface area contributed by atoms with Gasteiger partial charge in [0, 0.05) is 23.8 Å². The van der Waals surface area contributed by atoms with Crippen LogP contribution in [0, 0.1) is 0 Å². The van der Waals surface area contributed by atoms with Gasteiger partial charge in [-0.3, -0.25) is 14.8 Å². The highest BCUT2D eigenvalue weighted by Gasteiger charge is 2.19. The number of carbonyl (C=O) groups excluding carboxylic acids is 1. The average Bonchev–Trinajstić information content (AvgIpc) is 3.10. The molecule has 1 saturated carbocycles. The molecule has 0 aromatic carbocycles. The van der Waals surface area contributed by atoms with Crippen LogP contribution in [0.4, 0.5) is 0 Å². The molecular weight excluding hydrogens is 260 g/mol. The Morgan fingerprint density at radius 3 is 2.89 bits per heavy atom. The van der Waals surface area contributed by atoms with E-state index < -0.39 is 0 Å². The van der Waals surface area contributed by atoms with Crippen molar-refractivity contribution < 1.29 is 4.79 Å². The monoisotopic (exact) mass is 274 g/mol. The molecule has 3 rings (SSSR count). The molecule has 19 heavy (non-hydrogen) atoms. The average molecular weight is 274 g/mol. The molecule has 0 spiro atoms. The summed E-state index contributed by atoms with van der Waals surface area (Å²) < 4.78 is 0. The summed E-state index contributed by atoms with van der Waals surface area (Å²) in [4.78, 5) is 24.5. The van der Waals surface area contributed by atoms with Crippen LogP contribution in [0.25, 0.3) is 10.7 Å². The number of nitrogens with one attached hydrogen (secondary N) is 1. The van der Waals surface area contributed by atoms with Gasteiger partial charge in [0.2, 0.25) is 0 Å². The van der Waals surface area contributed by atoms with Crippen molar-refractivity contribution in [2.45, 2.75) is 31.7 Å². The molecule has 2 aromatic rings. The number of hydrogen-bond acceptors (Lipinski definition) is 5. The molecule has 0 atom stereocenters. The summed E-state index contributed by atoms with van der Waals surface area (Å²) >= 11 is 1.41. The molecule has 1 amide bonds. The van der Waals surface area contributed by atoms with Crippen LogP contribution in [0.15, 0.2) is 24.0 Å². The molecule has 1 fully saturated rings. The summed E-state index contributed by atoms with van der Waals surface area (Å²) in [6, 6.07) is 0.314. The first-order chi connectivity index (χ1) is 9.33. The summed E-state index contributed by atoms with van der Waals surface area (Å²) in [7, 11) is 0. The number of thiazole rings is 1. The summed E-state index contributed by atoms with van der Waals surface area (Å²) in [6.45, 7) is 0. The van der Waals surface area contributed by atoms with E-state index in [9.17, 15) is 4.79 Å². The van der Waals surface area contributed by atoms with Crippen molar-refractivity contribution in [1.82, 2.24) is 20.3 Å². The van der Waals surface area contributed by atoms with E-state index in [1.54, 1.807) is 24.0 Å². The second-order valence-electron chi connectivity index (χ2n) is 4.58. The van der Waals surface area contributed by atoms with Crippen molar-refractivity contribution in [3.05, 3.63) is 29.7 Å². The molecule has 6 heteroatoms. The lowest BCUT2D eigenvalue weighted by Crippen LogP contribution is -2.32. The lowest BCUT2D eigenvalue weighted by Gasteiger charge is -2.09. The number of rotatable bonds is 3. The molecule has 0 saturated heterocycles. The van der Waals surface area contributed by atoms with Crippen molar-refractivity contribution in [3.8, 4) is 10.7 Å². The largest absolute Gasteiger partial charge is 0.348 e. The molecule has 0 bridgehead atoms. The standard InChI is InChI=1S/C13H14N4OS/c18-12(16-9-3-1-2-4-9)11-8-19-13(17-11)10-7-14-5-6-15-10/h5-9H,1-4H2,(H,16,18).